The predicted molar refractivity (Wildman–Crippen MR) is 167 cm³/mol. The van der Waals surface area contributed by atoms with Gasteiger partial charge in [-0.2, -0.15) is 0 Å². The number of carbonyl (C=O) groups excluding carboxylic acids is 5. The molecular weight excluding hydrogens is 700 g/mol. The Morgan fingerprint density at radius 3 is 1.86 bits per heavy atom. The Balaban J connectivity index is 0.000000201. The van der Waals surface area contributed by atoms with Crippen molar-refractivity contribution in [3.05, 3.63) is 79.1 Å². The van der Waals surface area contributed by atoms with Gasteiger partial charge in [0.25, 0.3) is 0 Å². The second kappa shape index (κ2) is 13.8. The van der Waals surface area contributed by atoms with E-state index in [1.54, 1.807) is 6.07 Å². The molecule has 3 aliphatic rings. The van der Waals surface area contributed by atoms with Crippen molar-refractivity contribution in [1.29, 1.82) is 0 Å². The highest BCUT2D eigenvalue weighted by atomic mass is 79.9. The summed E-state index contributed by atoms with van der Waals surface area (Å²) in [5.41, 5.74) is 2.03. The van der Waals surface area contributed by atoms with E-state index < -0.39 is 16.8 Å². The number of Topliss-reactive ketones (excluding diaryl/α,β-unsaturated/α-hetero) is 2. The molecule has 0 aliphatic heterocycles. The highest BCUT2D eigenvalue weighted by Crippen LogP contribution is 2.49. The van der Waals surface area contributed by atoms with Crippen LogP contribution in [0.3, 0.4) is 0 Å². The van der Waals surface area contributed by atoms with Crippen molar-refractivity contribution in [2.75, 3.05) is 14.2 Å². The molecule has 11 heteroatoms. The van der Waals surface area contributed by atoms with Gasteiger partial charge in [-0.25, -0.2) is 0 Å². The number of hydrogen-bond donors (Lipinski definition) is 1. The van der Waals surface area contributed by atoms with Gasteiger partial charge in [0.15, 0.2) is 11.6 Å². The summed E-state index contributed by atoms with van der Waals surface area (Å²) in [6.45, 7) is 1.30. The third-order valence-corrected chi connectivity index (χ3v) is 9.64. The van der Waals surface area contributed by atoms with Gasteiger partial charge < -0.3 is 19.3 Å². The number of methoxy groups -OCH3 is 2. The number of esters is 3. The lowest BCUT2D eigenvalue weighted by Crippen LogP contribution is -2.32. The first-order valence-corrected chi connectivity index (χ1v) is 15.8. The van der Waals surface area contributed by atoms with Crippen molar-refractivity contribution in [3.63, 3.8) is 0 Å². The summed E-state index contributed by atoms with van der Waals surface area (Å²) < 4.78 is 16.2. The lowest BCUT2D eigenvalue weighted by Gasteiger charge is -2.32. The number of allylic oxidation sites excluding steroid dienone is 2. The number of fused-ring (bicyclic) bond motifs is 2. The van der Waals surface area contributed by atoms with Crippen LogP contribution in [0.5, 0.6) is 0 Å². The topological polar surface area (TPSA) is 133 Å². The Morgan fingerprint density at radius 1 is 0.818 bits per heavy atom. The van der Waals surface area contributed by atoms with E-state index in [-0.39, 0.29) is 54.3 Å². The first-order valence-electron chi connectivity index (χ1n) is 14.2. The number of benzene rings is 2. The molecule has 0 saturated carbocycles. The summed E-state index contributed by atoms with van der Waals surface area (Å²) in [6.07, 6.45) is 3.41. The van der Waals surface area contributed by atoms with Gasteiger partial charge in [-0.15, -0.1) is 0 Å². The van der Waals surface area contributed by atoms with Crippen LogP contribution in [0.1, 0.15) is 83.7 Å². The zero-order valence-electron chi connectivity index (χ0n) is 24.8. The molecule has 0 amide bonds. The molecule has 1 unspecified atom stereocenters. The second-order valence-electron chi connectivity index (χ2n) is 11.5. The minimum atomic E-state index is -0.745. The summed E-state index contributed by atoms with van der Waals surface area (Å²) >= 11 is 6.76. The van der Waals surface area contributed by atoms with Crippen molar-refractivity contribution in [1.82, 2.24) is 0 Å². The van der Waals surface area contributed by atoms with Gasteiger partial charge in [0, 0.05) is 63.5 Å². The monoisotopic (exact) mass is 732 g/mol. The molecule has 0 fully saturated rings. The average Bonchev–Trinajstić information content (AvgIpc) is 3.42. The normalized spacial score (nSPS) is 19.6. The summed E-state index contributed by atoms with van der Waals surface area (Å²) in [4.78, 5) is 59.9. The highest BCUT2D eigenvalue weighted by molar-refractivity contribution is 9.10. The minimum absolute atomic E-state index is 0.0124. The van der Waals surface area contributed by atoms with E-state index in [2.05, 4.69) is 41.3 Å². The molecule has 2 aromatic rings. The standard InChI is InChI=1S/C17H19BrO5.C16H15BrO4/c1-22-14(19)5-7-17(8-6-15(20)23-2)10-11-3-4-12(18)9-13(11)16(17)21;1-9(18)21-14-8-16(5-4-13(14)19)7-10-2-3-11(17)6-12(10)15(16)20/h3-4,9H,5-8,10H2,1-2H3;2-3,6,19H,4-5,7-8H2,1H3. The Labute approximate surface area is 272 Å². The third kappa shape index (κ3) is 7.15. The van der Waals surface area contributed by atoms with Gasteiger partial charge in [-0.1, -0.05) is 44.0 Å². The third-order valence-electron chi connectivity index (χ3n) is 8.65. The maximum atomic E-state index is 12.9. The molecule has 234 valence electrons. The fourth-order valence-electron chi connectivity index (χ4n) is 6.31. The zero-order valence-corrected chi connectivity index (χ0v) is 28.0. The number of hydrogen-bond acceptors (Lipinski definition) is 9. The first kappa shape index (κ1) is 33.6. The molecule has 3 aliphatic carbocycles. The van der Waals surface area contributed by atoms with Crippen molar-refractivity contribution in [2.24, 2.45) is 10.8 Å². The zero-order chi connectivity index (χ0) is 32.2. The Morgan fingerprint density at radius 2 is 1.34 bits per heavy atom. The second-order valence-corrected chi connectivity index (χ2v) is 13.3. The van der Waals surface area contributed by atoms with Crippen molar-refractivity contribution in [2.45, 2.75) is 64.7 Å². The number of aliphatic hydroxyl groups excluding tert-OH is 1. The Bertz CT molecular complexity index is 1520. The fraction of sp³-hybridized carbons (Fsp3) is 0.424. The van der Waals surface area contributed by atoms with Crippen LogP contribution in [-0.2, 0) is 41.4 Å². The van der Waals surface area contributed by atoms with Crippen LogP contribution < -0.4 is 0 Å². The van der Waals surface area contributed by atoms with Crippen molar-refractivity contribution < 1.29 is 43.3 Å². The largest absolute Gasteiger partial charge is 0.509 e. The van der Waals surface area contributed by atoms with Crippen LogP contribution in [0.4, 0.5) is 0 Å². The Hall–Kier alpha value is -3.31. The van der Waals surface area contributed by atoms with Gasteiger partial charge in [0.2, 0.25) is 0 Å². The van der Waals surface area contributed by atoms with E-state index >= 15 is 0 Å². The van der Waals surface area contributed by atoms with Crippen LogP contribution in [0.15, 0.2) is 56.9 Å². The average molecular weight is 734 g/mol. The number of ether oxygens (including phenoxy) is 3. The summed E-state index contributed by atoms with van der Waals surface area (Å²) in [5.74, 6) is -0.786. The van der Waals surface area contributed by atoms with Crippen LogP contribution >= 0.6 is 31.9 Å². The molecule has 1 atom stereocenters. The van der Waals surface area contributed by atoms with Crippen LogP contribution in [0.25, 0.3) is 0 Å². The molecule has 0 heterocycles. The van der Waals surface area contributed by atoms with E-state index in [1.165, 1.54) is 21.1 Å². The molecule has 0 saturated heterocycles. The maximum absolute atomic E-state index is 12.9. The number of aliphatic hydroxyl groups is 1. The minimum Gasteiger partial charge on any atom is -0.509 e. The van der Waals surface area contributed by atoms with Gasteiger partial charge >= 0.3 is 17.9 Å². The predicted octanol–water partition coefficient (Wildman–Crippen LogP) is 6.77. The molecule has 9 nitrogen and oxygen atoms in total. The number of carbonyl (C=O) groups is 5. The van der Waals surface area contributed by atoms with Gasteiger partial charge in [-0.05, 0) is 67.5 Å². The number of ketones is 2. The van der Waals surface area contributed by atoms with Crippen molar-refractivity contribution >= 4 is 61.3 Å². The van der Waals surface area contributed by atoms with E-state index in [0.29, 0.717) is 44.1 Å². The molecule has 44 heavy (non-hydrogen) atoms. The van der Waals surface area contributed by atoms with Crippen LogP contribution in [0, 0.1) is 10.8 Å². The summed E-state index contributed by atoms with van der Waals surface area (Å²) in [6, 6.07) is 11.3. The van der Waals surface area contributed by atoms with Gasteiger partial charge in [0.1, 0.15) is 11.5 Å². The van der Waals surface area contributed by atoms with E-state index in [1.807, 2.05) is 30.3 Å². The van der Waals surface area contributed by atoms with Crippen LogP contribution in [0.2, 0.25) is 0 Å². The SMILES string of the molecule is CC(=O)OC1=C(O)CCC2(C1)Cc1ccc(Br)cc1C2=O.COC(=O)CCC1(CCC(=O)OC)Cc2ccc(Br)cc2C1=O. The van der Waals surface area contributed by atoms with E-state index in [0.717, 1.165) is 25.6 Å². The number of halogens is 2. The van der Waals surface area contributed by atoms with Gasteiger partial charge in [-0.3, -0.25) is 24.0 Å². The summed E-state index contributed by atoms with van der Waals surface area (Å²) in [7, 11) is 2.65. The van der Waals surface area contributed by atoms with E-state index in [4.69, 9.17) is 4.74 Å². The molecule has 2 aromatic carbocycles. The maximum Gasteiger partial charge on any atom is 0.307 e. The lowest BCUT2D eigenvalue weighted by molar-refractivity contribution is -0.141. The summed E-state index contributed by atoms with van der Waals surface area (Å²) in [5, 5.41) is 9.89. The fourth-order valence-corrected chi connectivity index (χ4v) is 7.04. The quantitative estimate of drug-likeness (QED) is 0.242. The lowest BCUT2D eigenvalue weighted by atomic mass is 9.72. The Kier molecular flexibility index (Phi) is 10.5. The molecule has 0 radical (unpaired) electrons. The highest BCUT2D eigenvalue weighted by Gasteiger charge is 2.49. The molecular formula is C33H34Br2O9. The number of rotatable bonds is 7. The first-order chi connectivity index (χ1) is 20.8. The molecule has 1 N–H and O–H groups in total. The van der Waals surface area contributed by atoms with Crippen molar-refractivity contribution in [3.8, 4) is 0 Å². The molecule has 0 aromatic heterocycles. The molecule has 5 rings (SSSR count). The van der Waals surface area contributed by atoms with Gasteiger partial charge in [0.05, 0.1) is 14.2 Å². The smallest absolute Gasteiger partial charge is 0.307 e. The van der Waals surface area contributed by atoms with Crippen LogP contribution in [-0.4, -0.2) is 48.8 Å². The molecule has 1 spiro atoms. The molecule has 0 bridgehead atoms. The van der Waals surface area contributed by atoms with E-state index in [9.17, 15) is 29.1 Å².